The van der Waals surface area contributed by atoms with E-state index < -0.39 is 9.84 Å². The van der Waals surface area contributed by atoms with Gasteiger partial charge in [-0.1, -0.05) is 33.6 Å². The lowest BCUT2D eigenvalue weighted by Crippen LogP contribution is -2.37. The van der Waals surface area contributed by atoms with Gasteiger partial charge in [0.2, 0.25) is 0 Å². The van der Waals surface area contributed by atoms with Gasteiger partial charge in [0.25, 0.3) is 0 Å². The molecule has 1 fully saturated rings. The molecule has 0 heterocycles. The van der Waals surface area contributed by atoms with Gasteiger partial charge >= 0.3 is 0 Å². The van der Waals surface area contributed by atoms with Gasteiger partial charge in [-0.25, -0.2) is 8.42 Å². The lowest BCUT2D eigenvalue weighted by Gasteiger charge is -2.33. The summed E-state index contributed by atoms with van der Waals surface area (Å²) in [6.07, 6.45) is 8.02. The van der Waals surface area contributed by atoms with Crippen LogP contribution in [0.25, 0.3) is 0 Å². The van der Waals surface area contributed by atoms with Crippen molar-refractivity contribution < 1.29 is 8.42 Å². The lowest BCUT2D eigenvalue weighted by atomic mass is 9.77. The number of sulfone groups is 1. The molecule has 1 saturated carbocycles. The van der Waals surface area contributed by atoms with Gasteiger partial charge in [-0.15, -0.1) is 0 Å². The quantitative estimate of drug-likeness (QED) is 0.635. The third-order valence-electron chi connectivity index (χ3n) is 4.54. The van der Waals surface area contributed by atoms with E-state index in [9.17, 15) is 8.42 Å². The topological polar surface area (TPSA) is 46.2 Å². The molecule has 3 nitrogen and oxygen atoms in total. The minimum atomic E-state index is -2.84. The van der Waals surface area contributed by atoms with Gasteiger partial charge in [0, 0.05) is 18.3 Å². The van der Waals surface area contributed by atoms with Gasteiger partial charge in [0.1, 0.15) is 9.84 Å². The van der Waals surface area contributed by atoms with Crippen LogP contribution in [0.3, 0.4) is 0 Å². The number of unbranched alkanes of at least 4 members (excludes halogenated alkanes) is 1. The minimum absolute atomic E-state index is 0.181. The predicted octanol–water partition coefficient (Wildman–Crippen LogP) is 3.15. The molecule has 0 aliphatic heterocycles. The second-order valence-electron chi connectivity index (χ2n) is 6.10. The van der Waals surface area contributed by atoms with E-state index in [0.29, 0.717) is 11.8 Å². The highest BCUT2D eigenvalue weighted by molar-refractivity contribution is 7.91. The van der Waals surface area contributed by atoms with Gasteiger partial charge in [-0.05, 0) is 37.5 Å². The summed E-state index contributed by atoms with van der Waals surface area (Å²) in [7, 11) is -2.84. The normalized spacial score (nSPS) is 19.3. The molecule has 1 aliphatic rings. The Labute approximate surface area is 119 Å². The van der Waals surface area contributed by atoms with E-state index in [0.717, 1.165) is 25.8 Å². The van der Waals surface area contributed by atoms with Crippen molar-refractivity contribution in [2.75, 3.05) is 18.1 Å². The summed E-state index contributed by atoms with van der Waals surface area (Å²) in [5.74, 6) is 0.629. The van der Waals surface area contributed by atoms with Crippen LogP contribution in [-0.4, -0.2) is 32.5 Å². The summed E-state index contributed by atoms with van der Waals surface area (Å²) in [4.78, 5) is 0. The lowest BCUT2D eigenvalue weighted by molar-refractivity contribution is 0.221. The standard InChI is InChI=1S/C15H31NO2S/c1-4-7-10-15(5-2,13-16-14-8-9-14)11-12-19(17,18)6-3/h14,16H,4-13H2,1-3H3. The van der Waals surface area contributed by atoms with Gasteiger partial charge < -0.3 is 5.32 Å². The summed E-state index contributed by atoms with van der Waals surface area (Å²) >= 11 is 0. The average molecular weight is 289 g/mol. The SMILES string of the molecule is CCCCC(CC)(CCS(=O)(=O)CC)CNC1CC1. The number of hydrogen-bond acceptors (Lipinski definition) is 3. The Bertz CT molecular complexity index is 349. The van der Waals surface area contributed by atoms with Crippen LogP contribution in [0.1, 0.15) is 65.7 Å². The zero-order chi connectivity index (χ0) is 14.4. The molecular weight excluding hydrogens is 258 g/mol. The van der Waals surface area contributed by atoms with Crippen molar-refractivity contribution in [2.24, 2.45) is 5.41 Å². The molecule has 0 aromatic rings. The van der Waals surface area contributed by atoms with Crippen molar-refractivity contribution in [3.63, 3.8) is 0 Å². The van der Waals surface area contributed by atoms with Crippen LogP contribution < -0.4 is 5.32 Å². The molecule has 0 spiro atoms. The molecule has 0 radical (unpaired) electrons. The zero-order valence-electron chi connectivity index (χ0n) is 12.9. The van der Waals surface area contributed by atoms with E-state index in [2.05, 4.69) is 19.2 Å². The molecule has 1 atom stereocenters. The highest BCUT2D eigenvalue weighted by atomic mass is 32.2. The van der Waals surface area contributed by atoms with E-state index in [1.807, 2.05) is 0 Å². The fourth-order valence-corrected chi connectivity index (χ4v) is 3.53. The molecule has 19 heavy (non-hydrogen) atoms. The van der Waals surface area contributed by atoms with E-state index >= 15 is 0 Å². The Morgan fingerprint density at radius 2 is 1.84 bits per heavy atom. The van der Waals surface area contributed by atoms with Crippen LogP contribution in [0, 0.1) is 5.41 Å². The Kier molecular flexibility index (Phi) is 6.81. The largest absolute Gasteiger partial charge is 0.313 e. The molecule has 1 unspecified atom stereocenters. The van der Waals surface area contributed by atoms with Gasteiger partial charge in [-0.3, -0.25) is 0 Å². The first-order chi connectivity index (χ1) is 8.97. The third kappa shape index (κ3) is 6.26. The second kappa shape index (κ2) is 7.63. The van der Waals surface area contributed by atoms with Crippen molar-refractivity contribution in [1.82, 2.24) is 5.32 Å². The first kappa shape index (κ1) is 17.0. The Hall–Kier alpha value is -0.0900. The highest BCUT2D eigenvalue weighted by Gasteiger charge is 2.31. The molecule has 4 heteroatoms. The van der Waals surface area contributed by atoms with Crippen molar-refractivity contribution in [1.29, 1.82) is 0 Å². The fourth-order valence-electron chi connectivity index (χ4n) is 2.50. The van der Waals surface area contributed by atoms with Gasteiger partial charge in [0.05, 0.1) is 5.75 Å². The Balaban J connectivity index is 2.58. The molecule has 0 bridgehead atoms. The fraction of sp³-hybridized carbons (Fsp3) is 1.00. The summed E-state index contributed by atoms with van der Waals surface area (Å²) in [6.45, 7) is 7.16. The molecule has 0 saturated heterocycles. The van der Waals surface area contributed by atoms with Crippen LogP contribution in [0.4, 0.5) is 0 Å². The molecule has 0 aromatic heterocycles. The summed E-state index contributed by atoms with van der Waals surface area (Å²) in [5.41, 5.74) is 0.181. The number of nitrogens with one attached hydrogen (secondary N) is 1. The summed E-state index contributed by atoms with van der Waals surface area (Å²) in [6, 6.07) is 0.704. The second-order valence-corrected chi connectivity index (χ2v) is 8.57. The molecule has 1 aliphatic carbocycles. The van der Waals surface area contributed by atoms with Crippen LogP contribution >= 0.6 is 0 Å². The molecule has 114 valence electrons. The first-order valence-corrected chi connectivity index (χ1v) is 9.73. The van der Waals surface area contributed by atoms with Crippen molar-refractivity contribution in [3.8, 4) is 0 Å². The summed E-state index contributed by atoms with van der Waals surface area (Å²) in [5, 5.41) is 3.62. The van der Waals surface area contributed by atoms with E-state index in [4.69, 9.17) is 0 Å². The van der Waals surface area contributed by atoms with Crippen LogP contribution in [0.2, 0.25) is 0 Å². The average Bonchev–Trinajstić information content (AvgIpc) is 3.23. The maximum Gasteiger partial charge on any atom is 0.150 e. The van der Waals surface area contributed by atoms with Gasteiger partial charge in [0.15, 0.2) is 0 Å². The molecular formula is C15H31NO2S. The predicted molar refractivity (Wildman–Crippen MR) is 82.2 cm³/mol. The van der Waals surface area contributed by atoms with Crippen LogP contribution in [-0.2, 0) is 9.84 Å². The molecule has 0 amide bonds. The van der Waals surface area contributed by atoms with E-state index in [-0.39, 0.29) is 11.2 Å². The Morgan fingerprint density at radius 1 is 1.16 bits per heavy atom. The maximum atomic E-state index is 11.8. The highest BCUT2D eigenvalue weighted by Crippen LogP contribution is 2.34. The molecule has 1 N–H and O–H groups in total. The number of rotatable bonds is 11. The van der Waals surface area contributed by atoms with Crippen molar-refractivity contribution in [3.05, 3.63) is 0 Å². The van der Waals surface area contributed by atoms with Gasteiger partial charge in [-0.2, -0.15) is 0 Å². The molecule has 0 aromatic carbocycles. The smallest absolute Gasteiger partial charge is 0.150 e. The van der Waals surface area contributed by atoms with E-state index in [1.165, 1.54) is 25.7 Å². The monoisotopic (exact) mass is 289 g/mol. The minimum Gasteiger partial charge on any atom is -0.313 e. The third-order valence-corrected chi connectivity index (χ3v) is 6.24. The number of hydrogen-bond donors (Lipinski definition) is 1. The maximum absolute atomic E-state index is 11.8. The Morgan fingerprint density at radius 3 is 2.32 bits per heavy atom. The van der Waals surface area contributed by atoms with E-state index in [1.54, 1.807) is 6.92 Å². The van der Waals surface area contributed by atoms with Crippen molar-refractivity contribution >= 4 is 9.84 Å². The molecule has 1 rings (SSSR count). The van der Waals surface area contributed by atoms with Crippen LogP contribution in [0.5, 0.6) is 0 Å². The summed E-state index contributed by atoms with van der Waals surface area (Å²) < 4.78 is 23.5. The van der Waals surface area contributed by atoms with Crippen LogP contribution in [0.15, 0.2) is 0 Å². The first-order valence-electron chi connectivity index (χ1n) is 7.90. The van der Waals surface area contributed by atoms with Crippen molar-refractivity contribution in [2.45, 2.75) is 71.8 Å². The zero-order valence-corrected chi connectivity index (χ0v) is 13.7.